The second kappa shape index (κ2) is 8.63. The van der Waals surface area contributed by atoms with Gasteiger partial charge in [0.1, 0.15) is 0 Å². The summed E-state index contributed by atoms with van der Waals surface area (Å²) in [5.74, 6) is 0.334. The van der Waals surface area contributed by atoms with Crippen molar-refractivity contribution in [3.8, 4) is 22.3 Å². The van der Waals surface area contributed by atoms with Gasteiger partial charge in [0.2, 0.25) is 15.6 Å². The van der Waals surface area contributed by atoms with E-state index in [1.807, 2.05) is 0 Å². The first-order valence-electron chi connectivity index (χ1n) is 12.0. The fourth-order valence-corrected chi connectivity index (χ4v) is 6.85. The predicted octanol–water partition coefficient (Wildman–Crippen LogP) is 5.18. The Balaban J connectivity index is 1.15. The highest BCUT2D eigenvalue weighted by Gasteiger charge is 2.30. The molecule has 6 rings (SSSR count). The van der Waals surface area contributed by atoms with E-state index < -0.39 is 10.0 Å². The third-order valence-corrected chi connectivity index (χ3v) is 9.25. The van der Waals surface area contributed by atoms with E-state index in [2.05, 4.69) is 71.7 Å². The standard InChI is InChI=1S/C29H26N2O3S/c32-29-12-10-26(19-30-29)35(33,34)31-15-13-22(14-16-31)20-5-7-21(8-6-20)23-9-11-28-25(17-23)18-24-3-1-2-4-27(24)28/h1-12,17,19,22H,13-16,18H2,(H,30,32). The number of aromatic amines is 1. The van der Waals surface area contributed by atoms with Gasteiger partial charge in [0, 0.05) is 25.4 Å². The zero-order chi connectivity index (χ0) is 24.0. The summed E-state index contributed by atoms with van der Waals surface area (Å²) in [6, 6.07) is 26.7. The second-order valence-corrected chi connectivity index (χ2v) is 11.3. The third-order valence-electron chi connectivity index (χ3n) is 7.36. The molecule has 0 bridgehead atoms. The van der Waals surface area contributed by atoms with Gasteiger partial charge in [-0.2, -0.15) is 4.31 Å². The Labute approximate surface area is 205 Å². The van der Waals surface area contributed by atoms with Crippen LogP contribution in [0.1, 0.15) is 35.4 Å². The van der Waals surface area contributed by atoms with E-state index in [4.69, 9.17) is 0 Å². The van der Waals surface area contributed by atoms with E-state index in [0.29, 0.717) is 19.0 Å². The average molecular weight is 483 g/mol. The molecule has 2 aliphatic rings. The van der Waals surface area contributed by atoms with E-state index >= 15 is 0 Å². The fraction of sp³-hybridized carbons (Fsp3) is 0.207. The molecule has 0 saturated carbocycles. The highest BCUT2D eigenvalue weighted by atomic mass is 32.2. The predicted molar refractivity (Wildman–Crippen MR) is 138 cm³/mol. The van der Waals surface area contributed by atoms with Crippen molar-refractivity contribution in [1.29, 1.82) is 0 Å². The van der Waals surface area contributed by atoms with Crippen LogP contribution in [0.25, 0.3) is 22.3 Å². The molecule has 0 unspecified atom stereocenters. The maximum Gasteiger partial charge on any atom is 0.247 e. The van der Waals surface area contributed by atoms with E-state index in [0.717, 1.165) is 19.3 Å². The van der Waals surface area contributed by atoms with Crippen molar-refractivity contribution < 1.29 is 8.42 Å². The van der Waals surface area contributed by atoms with Crippen LogP contribution in [0.5, 0.6) is 0 Å². The Morgan fingerprint density at radius 3 is 2.23 bits per heavy atom. The van der Waals surface area contributed by atoms with Gasteiger partial charge in [-0.05, 0) is 70.2 Å². The highest BCUT2D eigenvalue weighted by Crippen LogP contribution is 2.39. The molecule has 176 valence electrons. The Bertz CT molecular complexity index is 1540. The monoisotopic (exact) mass is 482 g/mol. The molecule has 4 aromatic rings. The van der Waals surface area contributed by atoms with Gasteiger partial charge in [-0.25, -0.2) is 8.42 Å². The Hall–Kier alpha value is -3.48. The lowest BCUT2D eigenvalue weighted by Crippen LogP contribution is -2.38. The Morgan fingerprint density at radius 2 is 1.49 bits per heavy atom. The first-order valence-corrected chi connectivity index (χ1v) is 13.4. The largest absolute Gasteiger partial charge is 0.328 e. The van der Waals surface area contributed by atoms with Crippen molar-refractivity contribution in [2.24, 2.45) is 0 Å². The minimum Gasteiger partial charge on any atom is -0.328 e. The number of hydrogen-bond acceptors (Lipinski definition) is 3. The Kier molecular flexibility index (Phi) is 5.43. The van der Waals surface area contributed by atoms with Crippen molar-refractivity contribution in [3.05, 3.63) is 112 Å². The number of piperidine rings is 1. The highest BCUT2D eigenvalue weighted by molar-refractivity contribution is 7.89. The number of fused-ring (bicyclic) bond motifs is 3. The van der Waals surface area contributed by atoms with E-state index in [1.165, 1.54) is 61.6 Å². The van der Waals surface area contributed by atoms with Crippen LogP contribution in [0.4, 0.5) is 0 Å². The van der Waals surface area contributed by atoms with E-state index in [9.17, 15) is 13.2 Å². The molecule has 0 amide bonds. The van der Waals surface area contributed by atoms with Crippen molar-refractivity contribution in [2.75, 3.05) is 13.1 Å². The number of pyridine rings is 1. The topological polar surface area (TPSA) is 70.2 Å². The number of nitrogens with zero attached hydrogens (tertiary/aromatic N) is 1. The molecule has 2 heterocycles. The molecule has 35 heavy (non-hydrogen) atoms. The van der Waals surface area contributed by atoms with Gasteiger partial charge in [0.05, 0.1) is 4.90 Å². The van der Waals surface area contributed by atoms with Crippen LogP contribution in [0, 0.1) is 0 Å². The quantitative estimate of drug-likeness (QED) is 0.384. The molecule has 5 nitrogen and oxygen atoms in total. The van der Waals surface area contributed by atoms with Crippen molar-refractivity contribution in [2.45, 2.75) is 30.1 Å². The normalized spacial score (nSPS) is 16.1. The summed E-state index contributed by atoms with van der Waals surface area (Å²) in [5.41, 5.74) is 8.82. The summed E-state index contributed by atoms with van der Waals surface area (Å²) >= 11 is 0. The number of benzene rings is 3. The number of hydrogen-bond donors (Lipinski definition) is 1. The summed E-state index contributed by atoms with van der Waals surface area (Å²) in [5, 5.41) is 0. The van der Waals surface area contributed by atoms with Crippen LogP contribution in [-0.4, -0.2) is 30.8 Å². The lowest BCUT2D eigenvalue weighted by molar-refractivity contribution is 0.319. The maximum atomic E-state index is 12.9. The zero-order valence-electron chi connectivity index (χ0n) is 19.3. The number of H-pyrrole nitrogens is 1. The third kappa shape index (κ3) is 4.03. The zero-order valence-corrected chi connectivity index (χ0v) is 20.1. The fourth-order valence-electron chi connectivity index (χ4n) is 5.41. The van der Waals surface area contributed by atoms with Gasteiger partial charge in [0.15, 0.2) is 0 Å². The molecule has 0 atom stereocenters. The van der Waals surface area contributed by atoms with Crippen molar-refractivity contribution >= 4 is 10.0 Å². The molecular weight excluding hydrogens is 456 g/mol. The molecule has 1 fully saturated rings. The first kappa shape index (κ1) is 22.0. The summed E-state index contributed by atoms with van der Waals surface area (Å²) in [6.07, 6.45) is 3.82. The van der Waals surface area contributed by atoms with Crippen LogP contribution in [0.15, 0.2) is 94.7 Å². The van der Waals surface area contributed by atoms with E-state index in [-0.39, 0.29) is 10.5 Å². The lowest BCUT2D eigenvalue weighted by Gasteiger charge is -2.31. The van der Waals surface area contributed by atoms with Gasteiger partial charge >= 0.3 is 0 Å². The summed E-state index contributed by atoms with van der Waals surface area (Å²) in [6.45, 7) is 0.943. The van der Waals surface area contributed by atoms with Crippen molar-refractivity contribution in [3.63, 3.8) is 0 Å². The SMILES string of the molecule is O=c1ccc(S(=O)(=O)N2CCC(c3ccc(-c4ccc5c(c4)Cc4ccccc4-5)cc3)CC2)c[nH]1. The van der Waals surface area contributed by atoms with Gasteiger partial charge in [0.25, 0.3) is 0 Å². The molecule has 1 aromatic heterocycles. The lowest BCUT2D eigenvalue weighted by atomic mass is 9.89. The summed E-state index contributed by atoms with van der Waals surface area (Å²) in [4.78, 5) is 13.9. The number of sulfonamides is 1. The van der Waals surface area contributed by atoms with Gasteiger partial charge in [-0.1, -0.05) is 66.7 Å². The molecule has 6 heteroatoms. The van der Waals surface area contributed by atoms with Crippen LogP contribution >= 0.6 is 0 Å². The molecule has 0 spiro atoms. The van der Waals surface area contributed by atoms with E-state index in [1.54, 1.807) is 0 Å². The number of aromatic nitrogens is 1. The smallest absolute Gasteiger partial charge is 0.247 e. The van der Waals surface area contributed by atoms with Gasteiger partial charge in [-0.3, -0.25) is 4.79 Å². The van der Waals surface area contributed by atoms with Crippen molar-refractivity contribution in [1.82, 2.24) is 9.29 Å². The molecule has 1 saturated heterocycles. The molecular formula is C29H26N2O3S. The minimum absolute atomic E-state index is 0.136. The first-order chi connectivity index (χ1) is 17.0. The summed E-state index contributed by atoms with van der Waals surface area (Å²) < 4.78 is 27.3. The minimum atomic E-state index is -3.59. The van der Waals surface area contributed by atoms with Crippen LogP contribution in [0.2, 0.25) is 0 Å². The van der Waals surface area contributed by atoms with Crippen LogP contribution in [-0.2, 0) is 16.4 Å². The molecule has 1 aliphatic heterocycles. The number of rotatable bonds is 4. The summed E-state index contributed by atoms with van der Waals surface area (Å²) in [7, 11) is -3.59. The van der Waals surface area contributed by atoms with Gasteiger partial charge < -0.3 is 4.98 Å². The van der Waals surface area contributed by atoms with Crippen LogP contribution < -0.4 is 5.56 Å². The number of nitrogens with one attached hydrogen (secondary N) is 1. The Morgan fingerprint density at radius 1 is 0.771 bits per heavy atom. The maximum absolute atomic E-state index is 12.9. The molecule has 3 aromatic carbocycles. The van der Waals surface area contributed by atoms with Gasteiger partial charge in [-0.15, -0.1) is 0 Å². The second-order valence-electron chi connectivity index (χ2n) is 9.39. The van der Waals surface area contributed by atoms with Crippen LogP contribution in [0.3, 0.4) is 0 Å². The molecule has 1 aliphatic carbocycles. The molecule has 0 radical (unpaired) electrons. The average Bonchev–Trinajstić information content (AvgIpc) is 3.27. The molecule has 1 N–H and O–H groups in total.